The van der Waals surface area contributed by atoms with Gasteiger partial charge in [-0.25, -0.2) is 18.2 Å². The van der Waals surface area contributed by atoms with Crippen LogP contribution in [-0.4, -0.2) is 50.4 Å². The van der Waals surface area contributed by atoms with Gasteiger partial charge in [0.25, 0.3) is 0 Å². The van der Waals surface area contributed by atoms with Gasteiger partial charge in [-0.2, -0.15) is 9.61 Å². The zero-order valence-electron chi connectivity index (χ0n) is 16.4. The highest BCUT2D eigenvalue weighted by Crippen LogP contribution is 2.23. The Morgan fingerprint density at radius 3 is 2.74 bits per heavy atom. The van der Waals surface area contributed by atoms with Crippen LogP contribution in [0.5, 0.6) is 5.88 Å². The van der Waals surface area contributed by atoms with Gasteiger partial charge < -0.3 is 10.1 Å². The highest BCUT2D eigenvalue weighted by atomic mass is 32.2. The Kier molecular flexibility index (Phi) is 4.29. The summed E-state index contributed by atoms with van der Waals surface area (Å²) in [6.07, 6.45) is 6.28. The van der Waals surface area contributed by atoms with E-state index in [4.69, 9.17) is 4.99 Å². The van der Waals surface area contributed by atoms with Gasteiger partial charge in [0.1, 0.15) is 5.69 Å². The Bertz CT molecular complexity index is 1610. The van der Waals surface area contributed by atoms with Crippen molar-refractivity contribution in [3.63, 3.8) is 0 Å². The van der Waals surface area contributed by atoms with Crippen LogP contribution >= 0.6 is 0 Å². The lowest BCUT2D eigenvalue weighted by Gasteiger charge is -2.05. The first-order chi connectivity index (χ1) is 14.8. The second kappa shape index (κ2) is 6.91. The van der Waals surface area contributed by atoms with Gasteiger partial charge in [0.15, 0.2) is 21.0 Å². The van der Waals surface area contributed by atoms with Crippen LogP contribution < -0.4 is 16.4 Å². The van der Waals surface area contributed by atoms with Crippen LogP contribution in [0.4, 0.5) is 0 Å². The number of hydrogen-bond donors (Lipinski definition) is 3. The molecule has 158 valence electrons. The predicted molar refractivity (Wildman–Crippen MR) is 112 cm³/mol. The molecule has 0 aliphatic heterocycles. The van der Waals surface area contributed by atoms with Gasteiger partial charge in [-0.1, -0.05) is 12.1 Å². The van der Waals surface area contributed by atoms with Crippen molar-refractivity contribution in [1.82, 2.24) is 24.6 Å². The quantitative estimate of drug-likeness (QED) is 0.413. The van der Waals surface area contributed by atoms with Crippen LogP contribution in [0.25, 0.3) is 23.0 Å². The molecule has 1 aromatic carbocycles. The van der Waals surface area contributed by atoms with E-state index in [-0.39, 0.29) is 22.5 Å². The fourth-order valence-electron chi connectivity index (χ4n) is 3.23. The molecule has 31 heavy (non-hydrogen) atoms. The zero-order valence-corrected chi connectivity index (χ0v) is 17.2. The molecule has 0 saturated heterocycles. The second-order valence-corrected chi connectivity index (χ2v) is 9.50. The van der Waals surface area contributed by atoms with Gasteiger partial charge in [-0.3, -0.25) is 9.98 Å². The molecule has 0 radical (unpaired) electrons. The minimum Gasteiger partial charge on any atom is -0.493 e. The van der Waals surface area contributed by atoms with Crippen molar-refractivity contribution < 1.29 is 13.5 Å². The van der Waals surface area contributed by atoms with Crippen molar-refractivity contribution in [3.05, 3.63) is 63.4 Å². The van der Waals surface area contributed by atoms with Gasteiger partial charge in [0.05, 0.1) is 22.8 Å². The maximum Gasteiger partial charge on any atom is 0.326 e. The number of imidazole rings is 1. The van der Waals surface area contributed by atoms with Crippen molar-refractivity contribution >= 4 is 21.6 Å². The SMILES string of the molecule is CS(=O)(=O)c1cccc(-c2cc(=NC3CC3)n3nc/c(=C\c4[nH]c(=O)[nH]c4O)c3n2)c1. The van der Waals surface area contributed by atoms with Gasteiger partial charge in [0, 0.05) is 23.1 Å². The molecule has 11 heteroatoms. The van der Waals surface area contributed by atoms with Gasteiger partial charge >= 0.3 is 5.69 Å². The molecule has 0 spiro atoms. The number of aromatic hydroxyl groups is 1. The summed E-state index contributed by atoms with van der Waals surface area (Å²) in [6.45, 7) is 0. The third-order valence-corrected chi connectivity index (χ3v) is 6.05. The lowest BCUT2D eigenvalue weighted by molar-refractivity contribution is 0.454. The topological polar surface area (TPSA) is 146 Å². The molecule has 0 bridgehead atoms. The molecule has 3 heterocycles. The third kappa shape index (κ3) is 3.75. The predicted octanol–water partition coefficient (Wildman–Crippen LogP) is 0.133. The fourth-order valence-corrected chi connectivity index (χ4v) is 3.90. The standard InChI is InChI=1S/C20H18N6O4S/c1-31(29,30)14-4-2-3-11(7-14)15-9-17(22-13-5-6-13)26-18(23-15)12(10-21-26)8-16-19(27)25-20(28)24-16/h2-4,7-10,13,27H,5-6H2,1H3,(H2,24,25,28)/b12-8+,22-17?. The lowest BCUT2D eigenvalue weighted by atomic mass is 10.1. The average Bonchev–Trinajstić information content (AvgIpc) is 3.35. The molecule has 1 fully saturated rings. The van der Waals surface area contributed by atoms with Crippen molar-refractivity contribution in [2.45, 2.75) is 23.8 Å². The van der Waals surface area contributed by atoms with Crippen LogP contribution in [-0.2, 0) is 9.84 Å². The van der Waals surface area contributed by atoms with E-state index in [9.17, 15) is 18.3 Å². The molecule has 1 aliphatic carbocycles. The lowest BCUT2D eigenvalue weighted by Crippen LogP contribution is -2.19. The molecule has 0 unspecified atom stereocenters. The van der Waals surface area contributed by atoms with E-state index in [0.29, 0.717) is 27.6 Å². The molecule has 0 amide bonds. The highest BCUT2D eigenvalue weighted by Gasteiger charge is 2.20. The van der Waals surface area contributed by atoms with Crippen LogP contribution in [0.1, 0.15) is 18.5 Å². The van der Waals surface area contributed by atoms with E-state index in [1.165, 1.54) is 6.07 Å². The number of H-pyrrole nitrogens is 2. The molecule has 3 aromatic heterocycles. The Morgan fingerprint density at radius 1 is 1.26 bits per heavy atom. The summed E-state index contributed by atoms with van der Waals surface area (Å²) in [6, 6.07) is 8.56. The Morgan fingerprint density at radius 2 is 2.06 bits per heavy atom. The number of aromatic nitrogens is 5. The van der Waals surface area contributed by atoms with E-state index in [1.807, 2.05) is 0 Å². The van der Waals surface area contributed by atoms with Crippen LogP contribution in [0.2, 0.25) is 0 Å². The molecular formula is C20H18N6O4S. The number of hydrogen-bond acceptors (Lipinski definition) is 7. The number of nitrogens with one attached hydrogen (secondary N) is 2. The van der Waals surface area contributed by atoms with Gasteiger partial charge in [0.2, 0.25) is 5.88 Å². The summed E-state index contributed by atoms with van der Waals surface area (Å²) in [5.74, 6) is -0.288. The molecule has 1 aliphatic rings. The summed E-state index contributed by atoms with van der Waals surface area (Å²) in [7, 11) is -3.38. The number of benzene rings is 1. The number of sulfone groups is 1. The first-order valence-electron chi connectivity index (χ1n) is 9.54. The molecule has 0 atom stereocenters. The molecule has 5 rings (SSSR count). The van der Waals surface area contributed by atoms with E-state index >= 15 is 0 Å². The minimum absolute atomic E-state index is 0.197. The maximum atomic E-state index is 12.0. The summed E-state index contributed by atoms with van der Waals surface area (Å²) in [4.78, 5) is 25.8. The molecule has 10 nitrogen and oxygen atoms in total. The molecule has 1 saturated carbocycles. The number of fused-ring (bicyclic) bond motifs is 1. The van der Waals surface area contributed by atoms with Crippen molar-refractivity contribution in [3.8, 4) is 17.1 Å². The van der Waals surface area contributed by atoms with E-state index in [1.54, 1.807) is 41.1 Å². The first kappa shape index (κ1) is 19.2. The average molecular weight is 438 g/mol. The van der Waals surface area contributed by atoms with Crippen molar-refractivity contribution in [1.29, 1.82) is 0 Å². The number of nitrogens with zero attached hydrogens (tertiary/aromatic N) is 4. The van der Waals surface area contributed by atoms with Crippen LogP contribution in [0.3, 0.4) is 0 Å². The Labute approximate surface area is 175 Å². The number of aromatic amines is 2. The van der Waals surface area contributed by atoms with E-state index in [2.05, 4.69) is 20.1 Å². The summed E-state index contributed by atoms with van der Waals surface area (Å²) >= 11 is 0. The Hall–Kier alpha value is -3.73. The van der Waals surface area contributed by atoms with Crippen LogP contribution in [0, 0.1) is 0 Å². The fraction of sp³-hybridized carbons (Fsp3) is 0.200. The van der Waals surface area contributed by atoms with Gasteiger partial charge in [-0.15, -0.1) is 0 Å². The zero-order chi connectivity index (χ0) is 21.8. The first-order valence-corrected chi connectivity index (χ1v) is 11.4. The summed E-state index contributed by atoms with van der Waals surface area (Å²) in [5, 5.41) is 14.8. The van der Waals surface area contributed by atoms with Crippen LogP contribution in [0.15, 0.2) is 51.2 Å². The van der Waals surface area contributed by atoms with Crippen molar-refractivity contribution in [2.24, 2.45) is 4.99 Å². The minimum atomic E-state index is -3.38. The van der Waals surface area contributed by atoms with Crippen molar-refractivity contribution in [2.75, 3.05) is 6.26 Å². The monoisotopic (exact) mass is 438 g/mol. The summed E-state index contributed by atoms with van der Waals surface area (Å²) in [5.41, 5.74) is 1.89. The smallest absolute Gasteiger partial charge is 0.326 e. The third-order valence-electron chi connectivity index (χ3n) is 4.94. The largest absolute Gasteiger partial charge is 0.493 e. The highest BCUT2D eigenvalue weighted by molar-refractivity contribution is 7.90. The Balaban J connectivity index is 1.77. The second-order valence-electron chi connectivity index (χ2n) is 7.48. The van der Waals surface area contributed by atoms with E-state index < -0.39 is 15.5 Å². The summed E-state index contributed by atoms with van der Waals surface area (Å²) < 4.78 is 25.6. The molecular weight excluding hydrogens is 420 g/mol. The maximum absolute atomic E-state index is 12.0. The number of rotatable bonds is 4. The van der Waals surface area contributed by atoms with Gasteiger partial charge in [-0.05, 0) is 31.1 Å². The molecule has 4 aromatic rings. The normalized spacial score (nSPS) is 15.8. The van der Waals surface area contributed by atoms with E-state index in [0.717, 1.165) is 19.1 Å². The molecule has 3 N–H and O–H groups in total.